The van der Waals surface area contributed by atoms with Crippen molar-refractivity contribution in [3.8, 4) is 22.3 Å². The number of hydrogen-bond donors (Lipinski definition) is 2. The molecule has 4 rings (SSSR count). The molecule has 2 N–H and O–H groups in total. The first-order valence-electron chi connectivity index (χ1n) is 20.2. The van der Waals surface area contributed by atoms with Crippen LogP contribution in [0.4, 0.5) is 0 Å². The summed E-state index contributed by atoms with van der Waals surface area (Å²) in [6, 6.07) is 36.2. The van der Waals surface area contributed by atoms with Crippen molar-refractivity contribution in [3.63, 3.8) is 0 Å². The van der Waals surface area contributed by atoms with Gasteiger partial charge in [-0.25, -0.2) is 0 Å². The first kappa shape index (κ1) is 52.1. The van der Waals surface area contributed by atoms with Crippen LogP contribution >= 0.6 is 0 Å². The summed E-state index contributed by atoms with van der Waals surface area (Å²) in [5.74, 6) is -3.92. The Labute approximate surface area is 388 Å². The standard InChI is InChI=1S/2C24H29NO5.Ca/c2*1-3-30-23(29)24(2,15-16-25-21(26)13-14-22(27)28)17-18-9-11-20(12-10-18)19-7-5-4-6-8-19;/h2*4-12H,3,13-17H2,1-2H3,(H,25,26)(H,27,28);/q;;+2/p-2/t2*24-;/m00./s1. The van der Waals surface area contributed by atoms with Crippen LogP contribution in [0.3, 0.4) is 0 Å². The minimum absolute atomic E-state index is 0. The Balaban J connectivity index is 0.000000413. The van der Waals surface area contributed by atoms with E-state index in [0.29, 0.717) is 25.7 Å². The van der Waals surface area contributed by atoms with E-state index in [-0.39, 0.29) is 113 Å². The molecule has 0 aliphatic carbocycles. The van der Waals surface area contributed by atoms with Crippen molar-refractivity contribution in [2.24, 2.45) is 10.8 Å². The van der Waals surface area contributed by atoms with Crippen molar-refractivity contribution in [3.05, 3.63) is 120 Å². The summed E-state index contributed by atoms with van der Waals surface area (Å²) >= 11 is 0. The van der Waals surface area contributed by atoms with Gasteiger partial charge in [-0.2, -0.15) is 0 Å². The van der Waals surface area contributed by atoms with E-state index in [1.165, 1.54) is 0 Å². The van der Waals surface area contributed by atoms with Gasteiger partial charge in [-0.1, -0.05) is 109 Å². The number of amides is 2. The Hall–Kier alpha value is -5.04. The smallest absolute Gasteiger partial charge is 0.550 e. The van der Waals surface area contributed by atoms with Gasteiger partial charge in [0.1, 0.15) is 0 Å². The third kappa shape index (κ3) is 18.6. The largest absolute Gasteiger partial charge is 2.00 e. The van der Waals surface area contributed by atoms with Crippen LogP contribution in [0.2, 0.25) is 0 Å². The van der Waals surface area contributed by atoms with E-state index in [0.717, 1.165) is 33.4 Å². The van der Waals surface area contributed by atoms with Crippen LogP contribution in [0, 0.1) is 10.8 Å². The molecular weight excluding hydrogens is 805 g/mol. The fourth-order valence-electron chi connectivity index (χ4n) is 6.49. The van der Waals surface area contributed by atoms with Crippen LogP contribution in [0.5, 0.6) is 0 Å². The number of nitrogens with one attached hydrogen (secondary N) is 2. The Kier molecular flexibility index (Phi) is 23.1. The first-order valence-corrected chi connectivity index (χ1v) is 20.2. The number of ether oxygens (including phenoxy) is 2. The van der Waals surface area contributed by atoms with E-state index in [1.54, 1.807) is 13.8 Å². The zero-order valence-electron chi connectivity index (χ0n) is 35.7. The van der Waals surface area contributed by atoms with E-state index in [9.17, 15) is 39.0 Å². The van der Waals surface area contributed by atoms with E-state index in [1.807, 2.05) is 123 Å². The molecule has 61 heavy (non-hydrogen) atoms. The maximum absolute atomic E-state index is 12.6. The average molecular weight is 861 g/mol. The molecule has 0 aliphatic heterocycles. The first-order chi connectivity index (χ1) is 28.7. The Morgan fingerprint density at radius 3 is 1.10 bits per heavy atom. The average Bonchev–Trinajstić information content (AvgIpc) is 3.23. The predicted molar refractivity (Wildman–Crippen MR) is 230 cm³/mol. The molecule has 0 aromatic heterocycles. The molecule has 4 aromatic carbocycles. The predicted octanol–water partition coefficient (Wildman–Crippen LogP) is 4.62. The van der Waals surface area contributed by atoms with E-state index < -0.39 is 22.8 Å². The van der Waals surface area contributed by atoms with Gasteiger partial charge in [0.05, 0.1) is 24.0 Å². The van der Waals surface area contributed by atoms with Crippen molar-refractivity contribution in [1.82, 2.24) is 10.6 Å². The normalized spacial score (nSPS) is 12.4. The van der Waals surface area contributed by atoms with Gasteiger partial charge in [0.25, 0.3) is 0 Å². The quantitative estimate of drug-likeness (QED) is 0.0833. The second-order valence-electron chi connectivity index (χ2n) is 15.0. The maximum Gasteiger partial charge on any atom is 2.00 e. The fourth-order valence-corrected chi connectivity index (χ4v) is 6.49. The molecule has 0 bridgehead atoms. The van der Waals surface area contributed by atoms with Crippen LogP contribution in [0.15, 0.2) is 109 Å². The number of benzene rings is 4. The van der Waals surface area contributed by atoms with Crippen molar-refractivity contribution in [1.29, 1.82) is 0 Å². The molecule has 12 nitrogen and oxygen atoms in total. The third-order valence-corrected chi connectivity index (χ3v) is 9.96. The SMILES string of the molecule is CCOC(=O)[C@@](C)(CCNC(=O)CCC(=O)[O-])Cc1ccc(-c2ccccc2)cc1.CCOC(=O)[C@@](C)(CCNC(=O)CCC(=O)[O-])Cc1ccc(-c2ccccc2)cc1.[Ca+2]. The molecule has 320 valence electrons. The van der Waals surface area contributed by atoms with Gasteiger partial charge in [-0.3, -0.25) is 19.2 Å². The molecule has 0 aliphatic rings. The van der Waals surface area contributed by atoms with Crippen molar-refractivity contribution in [2.75, 3.05) is 26.3 Å². The van der Waals surface area contributed by atoms with Gasteiger partial charge < -0.3 is 39.9 Å². The Bertz CT molecular complexity index is 1850. The van der Waals surface area contributed by atoms with Crippen LogP contribution in [0.25, 0.3) is 22.3 Å². The summed E-state index contributed by atoms with van der Waals surface area (Å²) in [5, 5.41) is 26.3. The monoisotopic (exact) mass is 860 g/mol. The molecule has 2 amide bonds. The van der Waals surface area contributed by atoms with Gasteiger partial charge in [0.2, 0.25) is 11.8 Å². The van der Waals surface area contributed by atoms with Crippen molar-refractivity contribution in [2.45, 2.75) is 79.1 Å². The molecule has 0 saturated heterocycles. The van der Waals surface area contributed by atoms with E-state index >= 15 is 0 Å². The summed E-state index contributed by atoms with van der Waals surface area (Å²) in [5.41, 5.74) is 4.79. The number of esters is 2. The number of hydrogen-bond acceptors (Lipinski definition) is 10. The van der Waals surface area contributed by atoms with Crippen LogP contribution in [0.1, 0.15) is 77.3 Å². The van der Waals surface area contributed by atoms with E-state index in [2.05, 4.69) is 10.6 Å². The summed E-state index contributed by atoms with van der Waals surface area (Å²) in [4.78, 5) is 69.7. The molecular formula is C48H56CaN2O10. The van der Waals surface area contributed by atoms with Crippen LogP contribution in [-0.4, -0.2) is 99.7 Å². The maximum atomic E-state index is 12.6. The molecule has 13 heteroatoms. The third-order valence-electron chi connectivity index (χ3n) is 9.96. The number of carbonyl (C=O) groups is 6. The van der Waals surface area contributed by atoms with Gasteiger partial charge in [-0.05, 0) is 99.6 Å². The van der Waals surface area contributed by atoms with Gasteiger partial charge in [0, 0.05) is 37.9 Å². The number of carboxylic acids is 2. The number of carbonyl (C=O) groups excluding carboxylic acids is 6. The number of carboxylic acid groups (broad SMARTS) is 2. The number of aliphatic carboxylic acids is 2. The summed E-state index contributed by atoms with van der Waals surface area (Å²) in [6.07, 6.45) is 0.764. The molecule has 0 saturated carbocycles. The van der Waals surface area contributed by atoms with Gasteiger partial charge >= 0.3 is 49.7 Å². The second kappa shape index (κ2) is 27.0. The molecule has 4 aromatic rings. The fraction of sp³-hybridized carbons (Fsp3) is 0.375. The Morgan fingerprint density at radius 2 is 0.803 bits per heavy atom. The van der Waals surface area contributed by atoms with Gasteiger partial charge in [0.15, 0.2) is 0 Å². The molecule has 2 atom stereocenters. The van der Waals surface area contributed by atoms with Crippen molar-refractivity contribution >= 4 is 73.4 Å². The molecule has 0 spiro atoms. The van der Waals surface area contributed by atoms with Crippen molar-refractivity contribution < 1.29 is 48.5 Å². The van der Waals surface area contributed by atoms with Gasteiger partial charge in [-0.15, -0.1) is 0 Å². The summed E-state index contributed by atoms with van der Waals surface area (Å²) < 4.78 is 10.5. The zero-order valence-corrected chi connectivity index (χ0v) is 37.9. The summed E-state index contributed by atoms with van der Waals surface area (Å²) in [7, 11) is 0. The van der Waals surface area contributed by atoms with Crippen LogP contribution in [-0.2, 0) is 51.1 Å². The minimum atomic E-state index is -1.26. The topological polar surface area (TPSA) is 191 Å². The molecule has 0 radical (unpaired) electrons. The second-order valence-corrected chi connectivity index (χ2v) is 15.0. The molecule has 0 heterocycles. The van der Waals surface area contributed by atoms with Crippen LogP contribution < -0.4 is 20.8 Å². The minimum Gasteiger partial charge on any atom is -0.550 e. The number of rotatable bonds is 22. The Morgan fingerprint density at radius 1 is 0.492 bits per heavy atom. The zero-order chi connectivity index (χ0) is 44.0. The molecule has 0 fully saturated rings. The van der Waals surface area contributed by atoms with E-state index in [4.69, 9.17) is 9.47 Å². The molecule has 0 unspecified atom stereocenters. The summed E-state index contributed by atoms with van der Waals surface area (Å²) in [6.45, 7) is 8.22.